The van der Waals surface area contributed by atoms with E-state index >= 15 is 0 Å². The van der Waals surface area contributed by atoms with E-state index in [4.69, 9.17) is 11.6 Å². The monoisotopic (exact) mass is 273 g/mol. The molecule has 19 heavy (non-hydrogen) atoms. The van der Waals surface area contributed by atoms with Gasteiger partial charge in [-0.25, -0.2) is 0 Å². The molecule has 1 nitrogen and oxygen atoms in total. The van der Waals surface area contributed by atoms with Crippen LogP contribution < -0.4 is 5.32 Å². The molecule has 0 aliphatic carbocycles. The average molecular weight is 274 g/mol. The van der Waals surface area contributed by atoms with Crippen LogP contribution in [-0.4, -0.2) is 6.54 Å². The van der Waals surface area contributed by atoms with Crippen LogP contribution in [0.25, 0.3) is 0 Å². The third-order valence-electron chi connectivity index (χ3n) is 3.28. The fourth-order valence-corrected chi connectivity index (χ4v) is 2.34. The Morgan fingerprint density at radius 3 is 2.21 bits per heavy atom. The van der Waals surface area contributed by atoms with Gasteiger partial charge in [0.25, 0.3) is 0 Å². The van der Waals surface area contributed by atoms with Crippen molar-refractivity contribution in [3.63, 3.8) is 0 Å². The van der Waals surface area contributed by atoms with E-state index in [2.05, 4.69) is 55.6 Å². The molecule has 0 aliphatic rings. The quantitative estimate of drug-likeness (QED) is 0.843. The second kappa shape index (κ2) is 6.74. The van der Waals surface area contributed by atoms with Crippen molar-refractivity contribution in [3.8, 4) is 0 Å². The Labute approximate surface area is 120 Å². The first-order chi connectivity index (χ1) is 9.19. The highest BCUT2D eigenvalue weighted by molar-refractivity contribution is 6.30. The second-order valence-electron chi connectivity index (χ2n) is 4.85. The number of likely N-dealkylation sites (N-methyl/N-ethyl adjacent to an activating group) is 1. The maximum absolute atomic E-state index is 5.95. The molecule has 1 N–H and O–H groups in total. The van der Waals surface area contributed by atoms with E-state index in [9.17, 15) is 0 Å². The summed E-state index contributed by atoms with van der Waals surface area (Å²) in [4.78, 5) is 0. The van der Waals surface area contributed by atoms with Gasteiger partial charge < -0.3 is 5.32 Å². The normalized spacial score (nSPS) is 12.4. The van der Waals surface area contributed by atoms with Crippen LogP contribution in [0, 0.1) is 6.92 Å². The number of aryl methyl sites for hydroxylation is 1. The molecule has 2 rings (SSSR count). The molecule has 1 unspecified atom stereocenters. The molecule has 2 aromatic carbocycles. The van der Waals surface area contributed by atoms with Crippen LogP contribution >= 0.6 is 11.6 Å². The highest BCUT2D eigenvalue weighted by Gasteiger charge is 2.10. The molecule has 0 fully saturated rings. The van der Waals surface area contributed by atoms with Crippen LogP contribution in [0.15, 0.2) is 48.5 Å². The van der Waals surface area contributed by atoms with Crippen LogP contribution in [0.2, 0.25) is 5.02 Å². The Kier molecular flexibility index (Phi) is 5.00. The summed E-state index contributed by atoms with van der Waals surface area (Å²) < 4.78 is 0. The molecule has 0 aliphatic heterocycles. The third kappa shape index (κ3) is 4.09. The lowest BCUT2D eigenvalue weighted by atomic mass is 9.98. The zero-order valence-corrected chi connectivity index (χ0v) is 12.2. The zero-order valence-electron chi connectivity index (χ0n) is 11.5. The standard InChI is InChI=1S/C17H20ClN/c1-3-19-17(15-8-10-16(18)11-9-15)12-14-6-4-13(2)5-7-14/h4-11,17,19H,3,12H2,1-2H3. The molecule has 0 amide bonds. The average Bonchev–Trinajstić information content (AvgIpc) is 2.42. The molecule has 0 heterocycles. The molecular formula is C17H20ClN. The van der Waals surface area contributed by atoms with Crippen molar-refractivity contribution < 1.29 is 0 Å². The number of halogens is 1. The van der Waals surface area contributed by atoms with Gasteiger partial charge in [-0.1, -0.05) is 60.5 Å². The fraction of sp³-hybridized carbons (Fsp3) is 0.294. The molecule has 0 spiro atoms. The SMILES string of the molecule is CCNC(Cc1ccc(C)cc1)c1ccc(Cl)cc1. The van der Waals surface area contributed by atoms with Gasteiger partial charge in [0.1, 0.15) is 0 Å². The Hall–Kier alpha value is -1.31. The van der Waals surface area contributed by atoms with Gasteiger partial charge in [-0.05, 0) is 43.1 Å². The van der Waals surface area contributed by atoms with Crippen LogP contribution in [0.4, 0.5) is 0 Å². The first-order valence-corrected chi connectivity index (χ1v) is 7.11. The van der Waals surface area contributed by atoms with Gasteiger partial charge in [-0.15, -0.1) is 0 Å². The molecule has 100 valence electrons. The summed E-state index contributed by atoms with van der Waals surface area (Å²) in [6.45, 7) is 5.21. The van der Waals surface area contributed by atoms with Crippen molar-refractivity contribution >= 4 is 11.6 Å². The molecular weight excluding hydrogens is 254 g/mol. The number of hydrogen-bond donors (Lipinski definition) is 1. The Balaban J connectivity index is 2.15. The Morgan fingerprint density at radius 2 is 1.63 bits per heavy atom. The molecule has 0 aromatic heterocycles. The van der Waals surface area contributed by atoms with Gasteiger partial charge in [0.2, 0.25) is 0 Å². The van der Waals surface area contributed by atoms with Gasteiger partial charge in [0, 0.05) is 11.1 Å². The van der Waals surface area contributed by atoms with Crippen molar-refractivity contribution in [2.45, 2.75) is 26.3 Å². The van der Waals surface area contributed by atoms with E-state index in [1.165, 1.54) is 16.7 Å². The minimum Gasteiger partial charge on any atom is -0.310 e. The minimum atomic E-state index is 0.338. The smallest absolute Gasteiger partial charge is 0.0406 e. The van der Waals surface area contributed by atoms with Crippen LogP contribution in [-0.2, 0) is 6.42 Å². The molecule has 0 radical (unpaired) electrons. The van der Waals surface area contributed by atoms with Crippen molar-refractivity contribution in [1.82, 2.24) is 5.32 Å². The highest BCUT2D eigenvalue weighted by Crippen LogP contribution is 2.20. The largest absolute Gasteiger partial charge is 0.310 e. The summed E-state index contributed by atoms with van der Waals surface area (Å²) in [5.41, 5.74) is 3.94. The van der Waals surface area contributed by atoms with Crippen LogP contribution in [0.3, 0.4) is 0 Å². The lowest BCUT2D eigenvalue weighted by molar-refractivity contribution is 0.550. The van der Waals surface area contributed by atoms with Crippen molar-refractivity contribution in [3.05, 3.63) is 70.2 Å². The molecule has 1 atom stereocenters. The summed E-state index contributed by atoms with van der Waals surface area (Å²) in [5, 5.41) is 4.32. The summed E-state index contributed by atoms with van der Waals surface area (Å²) in [7, 11) is 0. The molecule has 0 bridgehead atoms. The van der Waals surface area contributed by atoms with Gasteiger partial charge in [0.05, 0.1) is 0 Å². The Bertz CT molecular complexity index is 502. The van der Waals surface area contributed by atoms with E-state index in [0.29, 0.717) is 6.04 Å². The van der Waals surface area contributed by atoms with E-state index < -0.39 is 0 Å². The van der Waals surface area contributed by atoms with Crippen LogP contribution in [0.5, 0.6) is 0 Å². The number of hydrogen-bond acceptors (Lipinski definition) is 1. The summed E-state index contributed by atoms with van der Waals surface area (Å²) in [6, 6.07) is 17.2. The van der Waals surface area contributed by atoms with Crippen LogP contribution in [0.1, 0.15) is 29.7 Å². The first-order valence-electron chi connectivity index (χ1n) is 6.73. The van der Waals surface area contributed by atoms with E-state index in [1.54, 1.807) is 0 Å². The first kappa shape index (κ1) is 14.1. The second-order valence-corrected chi connectivity index (χ2v) is 5.29. The van der Waals surface area contributed by atoms with Gasteiger partial charge >= 0.3 is 0 Å². The lowest BCUT2D eigenvalue weighted by Crippen LogP contribution is -2.22. The maximum Gasteiger partial charge on any atom is 0.0406 e. The third-order valence-corrected chi connectivity index (χ3v) is 3.54. The summed E-state index contributed by atoms with van der Waals surface area (Å²) in [6.07, 6.45) is 0.996. The van der Waals surface area contributed by atoms with Crippen molar-refractivity contribution in [2.75, 3.05) is 6.54 Å². The summed E-state index contributed by atoms with van der Waals surface area (Å²) >= 11 is 5.95. The number of nitrogens with one attached hydrogen (secondary N) is 1. The predicted octanol–water partition coefficient (Wildman–Crippen LogP) is 4.54. The lowest BCUT2D eigenvalue weighted by Gasteiger charge is -2.18. The highest BCUT2D eigenvalue weighted by atomic mass is 35.5. The minimum absolute atomic E-state index is 0.338. The van der Waals surface area contributed by atoms with Crippen molar-refractivity contribution in [1.29, 1.82) is 0 Å². The molecule has 2 heteroatoms. The Morgan fingerprint density at radius 1 is 1.00 bits per heavy atom. The number of rotatable bonds is 5. The topological polar surface area (TPSA) is 12.0 Å². The fourth-order valence-electron chi connectivity index (χ4n) is 2.21. The van der Waals surface area contributed by atoms with E-state index in [0.717, 1.165) is 18.0 Å². The number of benzene rings is 2. The van der Waals surface area contributed by atoms with Gasteiger partial charge in [-0.2, -0.15) is 0 Å². The van der Waals surface area contributed by atoms with Gasteiger partial charge in [-0.3, -0.25) is 0 Å². The van der Waals surface area contributed by atoms with E-state index in [1.807, 2.05) is 12.1 Å². The van der Waals surface area contributed by atoms with Gasteiger partial charge in [0.15, 0.2) is 0 Å². The molecule has 0 saturated heterocycles. The predicted molar refractivity (Wildman–Crippen MR) is 82.8 cm³/mol. The van der Waals surface area contributed by atoms with Crippen molar-refractivity contribution in [2.24, 2.45) is 0 Å². The molecule has 2 aromatic rings. The van der Waals surface area contributed by atoms with E-state index in [-0.39, 0.29) is 0 Å². The molecule has 0 saturated carbocycles. The zero-order chi connectivity index (χ0) is 13.7. The summed E-state index contributed by atoms with van der Waals surface area (Å²) in [5.74, 6) is 0. The maximum atomic E-state index is 5.95.